The number of nitrogens with one attached hydrogen (secondary N) is 1. The SMILES string of the molecule is O=[N+]([O-])c1cc(S(=O)(=O)N2CCCC2)ccc1N/N=C\c1ccccc1Br. The van der Waals surface area contributed by atoms with Gasteiger partial charge in [0, 0.05) is 29.2 Å². The van der Waals surface area contributed by atoms with E-state index in [0.29, 0.717) is 13.1 Å². The lowest BCUT2D eigenvalue weighted by Crippen LogP contribution is -2.27. The molecule has 0 aromatic heterocycles. The summed E-state index contributed by atoms with van der Waals surface area (Å²) in [6.07, 6.45) is 3.11. The van der Waals surface area contributed by atoms with E-state index in [9.17, 15) is 18.5 Å². The molecule has 1 aliphatic rings. The Morgan fingerprint density at radius 1 is 1.19 bits per heavy atom. The number of nitrogens with zero attached hydrogens (tertiary/aromatic N) is 3. The predicted molar refractivity (Wildman–Crippen MR) is 106 cm³/mol. The van der Waals surface area contributed by atoms with Crippen LogP contribution in [-0.4, -0.2) is 37.0 Å². The minimum absolute atomic E-state index is 0.0866. The third-order valence-corrected chi connectivity index (χ3v) is 6.78. The molecule has 8 nitrogen and oxygen atoms in total. The van der Waals surface area contributed by atoms with E-state index in [0.717, 1.165) is 28.9 Å². The van der Waals surface area contributed by atoms with Gasteiger partial charge in [-0.2, -0.15) is 9.41 Å². The first-order valence-electron chi connectivity index (χ1n) is 8.22. The average Bonchev–Trinajstić information content (AvgIpc) is 3.19. The minimum atomic E-state index is -3.72. The summed E-state index contributed by atoms with van der Waals surface area (Å²) in [6.45, 7) is 0.874. The Balaban J connectivity index is 1.86. The summed E-state index contributed by atoms with van der Waals surface area (Å²) in [4.78, 5) is 10.7. The number of benzene rings is 2. The van der Waals surface area contributed by atoms with Crippen molar-refractivity contribution in [3.05, 3.63) is 62.6 Å². The van der Waals surface area contributed by atoms with Crippen molar-refractivity contribution in [3.8, 4) is 0 Å². The minimum Gasteiger partial charge on any atom is -0.272 e. The summed E-state index contributed by atoms with van der Waals surface area (Å²) in [5, 5.41) is 15.4. The molecule has 0 radical (unpaired) electrons. The van der Waals surface area contributed by atoms with Crippen LogP contribution in [0.2, 0.25) is 0 Å². The zero-order chi connectivity index (χ0) is 19.4. The Morgan fingerprint density at radius 2 is 1.89 bits per heavy atom. The number of nitro groups is 1. The van der Waals surface area contributed by atoms with Crippen LogP contribution in [-0.2, 0) is 10.0 Å². The molecule has 0 saturated carbocycles. The molecule has 142 valence electrons. The molecule has 0 spiro atoms. The third kappa shape index (κ3) is 4.34. The number of nitro benzene ring substituents is 1. The van der Waals surface area contributed by atoms with E-state index >= 15 is 0 Å². The van der Waals surface area contributed by atoms with E-state index in [1.165, 1.54) is 22.7 Å². The lowest BCUT2D eigenvalue weighted by molar-refractivity contribution is -0.384. The van der Waals surface area contributed by atoms with Gasteiger partial charge in [-0.25, -0.2) is 8.42 Å². The van der Waals surface area contributed by atoms with Crippen molar-refractivity contribution < 1.29 is 13.3 Å². The molecule has 1 aliphatic heterocycles. The Morgan fingerprint density at radius 3 is 2.56 bits per heavy atom. The second kappa shape index (κ2) is 8.15. The van der Waals surface area contributed by atoms with Gasteiger partial charge in [0.2, 0.25) is 10.0 Å². The molecule has 1 heterocycles. The lowest BCUT2D eigenvalue weighted by Gasteiger charge is -2.15. The van der Waals surface area contributed by atoms with Gasteiger partial charge in [0.25, 0.3) is 5.69 Å². The largest absolute Gasteiger partial charge is 0.295 e. The third-order valence-electron chi connectivity index (χ3n) is 4.16. The average molecular weight is 453 g/mol. The molecule has 1 saturated heterocycles. The van der Waals surface area contributed by atoms with E-state index in [-0.39, 0.29) is 16.3 Å². The maximum atomic E-state index is 12.6. The summed E-state index contributed by atoms with van der Waals surface area (Å²) in [7, 11) is -3.72. The van der Waals surface area contributed by atoms with Gasteiger partial charge in [0.15, 0.2) is 0 Å². The van der Waals surface area contributed by atoms with Crippen molar-refractivity contribution in [1.29, 1.82) is 0 Å². The number of sulfonamides is 1. The van der Waals surface area contributed by atoms with Gasteiger partial charge in [0.1, 0.15) is 5.69 Å². The van der Waals surface area contributed by atoms with Crippen LogP contribution >= 0.6 is 15.9 Å². The van der Waals surface area contributed by atoms with Crippen LogP contribution < -0.4 is 5.43 Å². The van der Waals surface area contributed by atoms with E-state index in [2.05, 4.69) is 26.5 Å². The highest BCUT2D eigenvalue weighted by Gasteiger charge is 2.29. The van der Waals surface area contributed by atoms with E-state index < -0.39 is 14.9 Å². The molecule has 1 fully saturated rings. The summed E-state index contributed by atoms with van der Waals surface area (Å²) >= 11 is 3.39. The molecule has 2 aromatic rings. The first kappa shape index (κ1) is 19.5. The number of hydrazone groups is 1. The second-order valence-corrected chi connectivity index (χ2v) is 8.73. The van der Waals surface area contributed by atoms with Crippen LogP contribution in [0.5, 0.6) is 0 Å². The number of halogens is 1. The van der Waals surface area contributed by atoms with E-state index in [1.54, 1.807) is 0 Å². The van der Waals surface area contributed by atoms with Crippen molar-refractivity contribution in [2.75, 3.05) is 18.5 Å². The monoisotopic (exact) mass is 452 g/mol. The maximum absolute atomic E-state index is 12.6. The van der Waals surface area contributed by atoms with Gasteiger partial charge in [-0.15, -0.1) is 0 Å². The van der Waals surface area contributed by atoms with Crippen LogP contribution in [0.4, 0.5) is 11.4 Å². The van der Waals surface area contributed by atoms with Crippen molar-refractivity contribution in [3.63, 3.8) is 0 Å². The van der Waals surface area contributed by atoms with Gasteiger partial charge in [-0.3, -0.25) is 15.5 Å². The molecule has 0 aliphatic carbocycles. The first-order valence-corrected chi connectivity index (χ1v) is 10.4. The van der Waals surface area contributed by atoms with Crippen LogP contribution in [0.1, 0.15) is 18.4 Å². The Hall–Kier alpha value is -2.30. The quantitative estimate of drug-likeness (QED) is 0.409. The molecule has 0 amide bonds. The Bertz CT molecular complexity index is 988. The second-order valence-electron chi connectivity index (χ2n) is 5.94. The summed E-state index contributed by atoms with van der Waals surface area (Å²) in [6, 6.07) is 11.2. The maximum Gasteiger partial charge on any atom is 0.295 e. The fraction of sp³-hybridized carbons (Fsp3) is 0.235. The molecule has 0 unspecified atom stereocenters. The van der Waals surface area contributed by atoms with Crippen LogP contribution in [0.15, 0.2) is 56.9 Å². The zero-order valence-corrected chi connectivity index (χ0v) is 16.6. The predicted octanol–water partition coefficient (Wildman–Crippen LogP) is 3.59. The topological polar surface area (TPSA) is 105 Å². The molecule has 1 N–H and O–H groups in total. The smallest absolute Gasteiger partial charge is 0.272 e. The molecular formula is C17H17BrN4O4S. The van der Waals surface area contributed by atoms with Crippen LogP contribution in [0.3, 0.4) is 0 Å². The molecule has 3 rings (SSSR count). The van der Waals surface area contributed by atoms with Crippen molar-refractivity contribution in [1.82, 2.24) is 4.31 Å². The Kier molecular flexibility index (Phi) is 5.88. The first-order chi connectivity index (χ1) is 12.9. The Labute approximate surface area is 165 Å². The summed E-state index contributed by atoms with van der Waals surface area (Å²) in [5.41, 5.74) is 3.18. The van der Waals surface area contributed by atoms with E-state index in [4.69, 9.17) is 0 Å². The van der Waals surface area contributed by atoms with Gasteiger partial charge in [-0.05, 0) is 31.0 Å². The highest BCUT2D eigenvalue weighted by atomic mass is 79.9. The number of rotatable bonds is 6. The van der Waals surface area contributed by atoms with Crippen LogP contribution in [0, 0.1) is 10.1 Å². The van der Waals surface area contributed by atoms with Crippen molar-refractivity contribution in [2.45, 2.75) is 17.7 Å². The van der Waals surface area contributed by atoms with Crippen molar-refractivity contribution in [2.24, 2.45) is 5.10 Å². The van der Waals surface area contributed by atoms with Gasteiger partial charge < -0.3 is 0 Å². The summed E-state index contributed by atoms with van der Waals surface area (Å²) < 4.78 is 27.4. The highest BCUT2D eigenvalue weighted by molar-refractivity contribution is 9.10. The molecule has 0 bridgehead atoms. The van der Waals surface area contributed by atoms with Gasteiger partial charge >= 0.3 is 0 Å². The van der Waals surface area contributed by atoms with Gasteiger partial charge in [0.05, 0.1) is 16.0 Å². The fourth-order valence-corrected chi connectivity index (χ4v) is 4.67. The number of anilines is 1. The molecule has 2 aromatic carbocycles. The zero-order valence-electron chi connectivity index (χ0n) is 14.2. The lowest BCUT2D eigenvalue weighted by atomic mass is 10.2. The highest BCUT2D eigenvalue weighted by Crippen LogP contribution is 2.30. The number of hydrogen-bond acceptors (Lipinski definition) is 6. The normalized spacial score (nSPS) is 15.3. The van der Waals surface area contributed by atoms with Gasteiger partial charge in [-0.1, -0.05) is 34.1 Å². The molecular weight excluding hydrogens is 436 g/mol. The fourth-order valence-electron chi connectivity index (χ4n) is 2.75. The molecule has 0 atom stereocenters. The van der Waals surface area contributed by atoms with Crippen LogP contribution in [0.25, 0.3) is 0 Å². The standard InChI is InChI=1S/C17H17BrN4O4S/c18-15-6-2-1-5-13(15)12-19-20-16-8-7-14(11-17(16)22(23)24)27(25,26)21-9-3-4-10-21/h1-2,5-8,11-12,20H,3-4,9-10H2/b19-12-. The summed E-state index contributed by atoms with van der Waals surface area (Å²) in [5.74, 6) is 0. The molecule has 27 heavy (non-hydrogen) atoms. The van der Waals surface area contributed by atoms with E-state index in [1.807, 2.05) is 24.3 Å². The number of hydrogen-bond donors (Lipinski definition) is 1. The molecule has 10 heteroatoms. The van der Waals surface area contributed by atoms with Crippen molar-refractivity contribution >= 4 is 43.5 Å².